The Morgan fingerprint density at radius 3 is 2.59 bits per heavy atom. The van der Waals surface area contributed by atoms with Crippen LogP contribution in [0.3, 0.4) is 0 Å². The number of carbonyl (C=O) groups is 1. The van der Waals surface area contributed by atoms with Gasteiger partial charge in [0, 0.05) is 12.6 Å². The molecular formula is C20H23F3N2O2. The number of fused-ring (bicyclic) bond motifs is 5. The van der Waals surface area contributed by atoms with Crippen molar-refractivity contribution in [2.45, 2.75) is 50.9 Å². The summed E-state index contributed by atoms with van der Waals surface area (Å²) in [6, 6.07) is 11.0. The van der Waals surface area contributed by atoms with Gasteiger partial charge in [-0.2, -0.15) is 18.4 Å². The molecule has 2 bridgehead atoms. The number of rotatable bonds is 3. The fraction of sp³-hybridized carbons (Fsp3) is 0.600. The quantitative estimate of drug-likeness (QED) is 0.828. The largest absolute Gasteiger partial charge is 0.490 e. The van der Waals surface area contributed by atoms with Crippen LogP contribution in [-0.2, 0) is 11.3 Å². The number of carboxylic acid groups (broad SMARTS) is 1. The average molecular weight is 380 g/mol. The van der Waals surface area contributed by atoms with Crippen LogP contribution in [0.4, 0.5) is 13.2 Å². The topological polar surface area (TPSA) is 73.1 Å². The first-order valence-electron chi connectivity index (χ1n) is 9.32. The summed E-state index contributed by atoms with van der Waals surface area (Å²) in [4.78, 5) is 8.90. The molecule has 0 saturated heterocycles. The van der Waals surface area contributed by atoms with Gasteiger partial charge in [-0.1, -0.05) is 18.6 Å². The van der Waals surface area contributed by atoms with E-state index < -0.39 is 12.1 Å². The van der Waals surface area contributed by atoms with Crippen molar-refractivity contribution in [3.63, 3.8) is 0 Å². The predicted octanol–water partition coefficient (Wildman–Crippen LogP) is 4.11. The molecule has 0 aliphatic heterocycles. The molecule has 5 atom stereocenters. The molecule has 0 spiro atoms. The molecule has 0 amide bonds. The molecule has 146 valence electrons. The smallest absolute Gasteiger partial charge is 0.475 e. The van der Waals surface area contributed by atoms with Gasteiger partial charge in [0.1, 0.15) is 0 Å². The second-order valence-electron chi connectivity index (χ2n) is 7.76. The summed E-state index contributed by atoms with van der Waals surface area (Å²) >= 11 is 0. The highest BCUT2D eigenvalue weighted by molar-refractivity contribution is 5.73. The van der Waals surface area contributed by atoms with Crippen LogP contribution < -0.4 is 5.32 Å². The van der Waals surface area contributed by atoms with E-state index in [1.165, 1.54) is 37.7 Å². The Balaban J connectivity index is 0.000000260. The molecule has 2 N–H and O–H groups in total. The van der Waals surface area contributed by atoms with E-state index in [4.69, 9.17) is 15.2 Å². The Labute approximate surface area is 156 Å². The Hall–Kier alpha value is -2.07. The molecule has 3 aliphatic carbocycles. The third-order valence-corrected chi connectivity index (χ3v) is 6.30. The molecule has 4 rings (SSSR count). The van der Waals surface area contributed by atoms with Crippen molar-refractivity contribution in [1.82, 2.24) is 5.32 Å². The van der Waals surface area contributed by atoms with Gasteiger partial charge >= 0.3 is 12.1 Å². The van der Waals surface area contributed by atoms with Crippen molar-refractivity contribution in [3.05, 3.63) is 35.4 Å². The molecule has 0 heterocycles. The number of alkyl halides is 3. The summed E-state index contributed by atoms with van der Waals surface area (Å²) < 4.78 is 31.7. The molecule has 7 heteroatoms. The van der Waals surface area contributed by atoms with E-state index in [0.717, 1.165) is 41.8 Å². The summed E-state index contributed by atoms with van der Waals surface area (Å²) in [6.07, 6.45) is 2.24. The summed E-state index contributed by atoms with van der Waals surface area (Å²) in [5.41, 5.74) is 2.02. The monoisotopic (exact) mass is 380 g/mol. The van der Waals surface area contributed by atoms with Crippen molar-refractivity contribution in [1.29, 1.82) is 5.26 Å². The van der Waals surface area contributed by atoms with E-state index in [0.29, 0.717) is 0 Å². The number of nitrogens with one attached hydrogen (secondary N) is 1. The molecule has 3 aliphatic rings. The number of hydrogen-bond acceptors (Lipinski definition) is 3. The van der Waals surface area contributed by atoms with E-state index in [1.807, 2.05) is 18.2 Å². The fourth-order valence-corrected chi connectivity index (χ4v) is 5.30. The number of benzene rings is 1. The van der Waals surface area contributed by atoms with Crippen LogP contribution in [0.15, 0.2) is 24.3 Å². The highest BCUT2D eigenvalue weighted by atomic mass is 19.4. The molecule has 1 aromatic carbocycles. The Morgan fingerprint density at radius 1 is 1.22 bits per heavy atom. The van der Waals surface area contributed by atoms with Crippen LogP contribution in [0.1, 0.15) is 43.2 Å². The van der Waals surface area contributed by atoms with Crippen LogP contribution in [0.2, 0.25) is 0 Å². The average Bonchev–Trinajstić information content (AvgIpc) is 3.33. The fourth-order valence-electron chi connectivity index (χ4n) is 5.30. The zero-order valence-corrected chi connectivity index (χ0v) is 14.9. The van der Waals surface area contributed by atoms with Crippen molar-refractivity contribution in [3.8, 4) is 6.07 Å². The third-order valence-electron chi connectivity index (χ3n) is 6.30. The van der Waals surface area contributed by atoms with Crippen LogP contribution in [0.25, 0.3) is 0 Å². The number of aliphatic carboxylic acids is 1. The summed E-state index contributed by atoms with van der Waals surface area (Å²) in [6.45, 7) is 0.917. The molecular weight excluding hydrogens is 357 g/mol. The van der Waals surface area contributed by atoms with Gasteiger partial charge in [-0.15, -0.1) is 0 Å². The molecule has 3 fully saturated rings. The van der Waals surface area contributed by atoms with E-state index in [1.54, 1.807) is 0 Å². The Bertz CT molecular complexity index is 729. The SMILES string of the molecule is N#Cc1cccc(CNC2CC3CC2C2CCCC32)c1.O=C(O)C(F)(F)F. The minimum Gasteiger partial charge on any atom is -0.475 e. The lowest BCUT2D eigenvalue weighted by atomic mass is 9.79. The number of hydrogen-bond donors (Lipinski definition) is 2. The summed E-state index contributed by atoms with van der Waals surface area (Å²) in [5.74, 6) is 1.28. The van der Waals surface area contributed by atoms with Crippen LogP contribution in [-0.4, -0.2) is 23.3 Å². The van der Waals surface area contributed by atoms with Crippen LogP contribution >= 0.6 is 0 Å². The lowest BCUT2D eigenvalue weighted by Gasteiger charge is -2.32. The Morgan fingerprint density at radius 2 is 1.93 bits per heavy atom. The van der Waals surface area contributed by atoms with Gasteiger partial charge in [0.15, 0.2) is 0 Å². The Kier molecular flexibility index (Phi) is 5.75. The third kappa shape index (κ3) is 4.44. The number of nitrogens with zero attached hydrogens (tertiary/aromatic N) is 1. The van der Waals surface area contributed by atoms with Gasteiger partial charge in [-0.3, -0.25) is 0 Å². The lowest BCUT2D eigenvalue weighted by molar-refractivity contribution is -0.192. The van der Waals surface area contributed by atoms with E-state index in [2.05, 4.69) is 17.5 Å². The van der Waals surface area contributed by atoms with Gasteiger partial charge in [0.25, 0.3) is 0 Å². The van der Waals surface area contributed by atoms with Gasteiger partial charge < -0.3 is 10.4 Å². The number of nitriles is 1. The lowest BCUT2D eigenvalue weighted by Crippen LogP contribution is -2.38. The number of carboxylic acids is 1. The van der Waals surface area contributed by atoms with Gasteiger partial charge in [0.2, 0.25) is 0 Å². The molecule has 3 saturated carbocycles. The minimum absolute atomic E-state index is 0.727. The predicted molar refractivity (Wildman–Crippen MR) is 92.5 cm³/mol. The standard InChI is InChI=1S/C18H22N2.C2HF3O2/c19-10-12-3-1-4-13(7-12)11-20-18-9-14-8-17(18)16-6-2-5-15(14)16;3-2(4,5)1(6)7/h1,3-4,7,14-18,20H,2,5-6,8-9,11H2;(H,6,7). The normalized spacial score (nSPS) is 31.0. The first-order valence-corrected chi connectivity index (χ1v) is 9.32. The van der Waals surface area contributed by atoms with Crippen molar-refractivity contribution < 1.29 is 23.1 Å². The summed E-state index contributed by atoms with van der Waals surface area (Å²) in [7, 11) is 0. The molecule has 0 aromatic heterocycles. The maximum absolute atomic E-state index is 10.6. The molecule has 27 heavy (non-hydrogen) atoms. The van der Waals surface area contributed by atoms with Gasteiger partial charge in [-0.25, -0.2) is 4.79 Å². The zero-order valence-electron chi connectivity index (χ0n) is 14.9. The first kappa shape index (κ1) is 19.7. The second kappa shape index (κ2) is 7.89. The maximum Gasteiger partial charge on any atom is 0.490 e. The van der Waals surface area contributed by atoms with Crippen molar-refractivity contribution in [2.24, 2.45) is 23.7 Å². The second-order valence-corrected chi connectivity index (χ2v) is 7.76. The van der Waals surface area contributed by atoms with E-state index >= 15 is 0 Å². The summed E-state index contributed by atoms with van der Waals surface area (Å²) in [5, 5.41) is 19.9. The highest BCUT2D eigenvalue weighted by Gasteiger charge is 2.53. The number of halogens is 3. The first-order chi connectivity index (χ1) is 12.8. The van der Waals surface area contributed by atoms with Crippen LogP contribution in [0, 0.1) is 35.0 Å². The van der Waals surface area contributed by atoms with Gasteiger partial charge in [-0.05, 0) is 67.1 Å². The molecule has 0 radical (unpaired) electrons. The van der Waals surface area contributed by atoms with E-state index in [-0.39, 0.29) is 0 Å². The van der Waals surface area contributed by atoms with Crippen LogP contribution in [0.5, 0.6) is 0 Å². The van der Waals surface area contributed by atoms with E-state index in [9.17, 15) is 13.2 Å². The molecule has 5 unspecified atom stereocenters. The van der Waals surface area contributed by atoms with Crippen molar-refractivity contribution >= 4 is 5.97 Å². The maximum atomic E-state index is 10.6. The van der Waals surface area contributed by atoms with Gasteiger partial charge in [0.05, 0.1) is 11.6 Å². The minimum atomic E-state index is -5.08. The highest BCUT2D eigenvalue weighted by Crippen LogP contribution is 2.58. The van der Waals surface area contributed by atoms with Crippen molar-refractivity contribution in [2.75, 3.05) is 0 Å². The molecule has 4 nitrogen and oxygen atoms in total. The zero-order chi connectivity index (χ0) is 19.6. The molecule has 1 aromatic rings.